The van der Waals surface area contributed by atoms with E-state index in [4.69, 9.17) is 4.74 Å². The van der Waals surface area contributed by atoms with Crippen LogP contribution in [0.5, 0.6) is 23.0 Å². The summed E-state index contributed by atoms with van der Waals surface area (Å²) in [4.78, 5) is 24.2. The average Bonchev–Trinajstić information content (AvgIpc) is 2.78. The Kier molecular flexibility index (Phi) is 5.78. The molecule has 3 unspecified atom stereocenters. The van der Waals surface area contributed by atoms with Crippen molar-refractivity contribution in [3.8, 4) is 34.1 Å². The van der Waals surface area contributed by atoms with Gasteiger partial charge < -0.3 is 40.5 Å². The molecule has 1 aliphatic carbocycles. The second-order valence-corrected chi connectivity index (χ2v) is 7.92. The lowest BCUT2D eigenvalue weighted by Gasteiger charge is -2.29. The van der Waals surface area contributed by atoms with E-state index in [0.29, 0.717) is 21.9 Å². The third-order valence-corrected chi connectivity index (χ3v) is 5.63. The number of carbonyl (C=O) groups is 2. The van der Waals surface area contributed by atoms with Gasteiger partial charge in [-0.05, 0) is 64.4 Å². The van der Waals surface area contributed by atoms with Crippen LogP contribution in [0, 0.1) is 0 Å². The van der Waals surface area contributed by atoms with E-state index in [1.807, 2.05) is 0 Å². The van der Waals surface area contributed by atoms with Crippen molar-refractivity contribution in [2.24, 2.45) is 0 Å². The summed E-state index contributed by atoms with van der Waals surface area (Å²) in [5, 5.41) is 69.5. The molecule has 0 saturated heterocycles. The Morgan fingerprint density at radius 3 is 2.21 bits per heavy atom. The summed E-state index contributed by atoms with van der Waals surface area (Å²) >= 11 is 0. The van der Waals surface area contributed by atoms with Crippen LogP contribution in [0.4, 0.5) is 0 Å². The summed E-state index contributed by atoms with van der Waals surface area (Å²) in [5.41, 5.74) is 0.442. The lowest BCUT2D eigenvalue weighted by molar-refractivity contribution is -0.134. The molecule has 0 fully saturated rings. The van der Waals surface area contributed by atoms with Gasteiger partial charge in [0.1, 0.15) is 18.3 Å². The summed E-state index contributed by atoms with van der Waals surface area (Å²) in [5.74, 6) is -3.91. The minimum Gasteiger partial charge on any atom is -0.504 e. The molecule has 1 aliphatic rings. The Hall–Kier alpha value is -4.28. The van der Waals surface area contributed by atoms with Crippen LogP contribution in [0.3, 0.4) is 0 Å². The molecule has 3 aromatic carbocycles. The van der Waals surface area contributed by atoms with Gasteiger partial charge in [-0.25, -0.2) is 9.59 Å². The number of ether oxygens (including phenoxy) is 1. The van der Waals surface area contributed by atoms with E-state index in [9.17, 15) is 45.3 Å². The first kappa shape index (κ1) is 22.9. The standard InChI is InChI=1S/C24H20O10/c25-16-2-1-10(5-17(16)26)14-4-13(3-11-6-18(27)19(28)9-15(11)14)24(33)34-21-8-12(23(31)32)7-20(29)22(21)30/h1-7,9,20-22,25-30H,8H2,(H,31,32). The topological polar surface area (TPSA) is 185 Å². The average molecular weight is 468 g/mol. The molecule has 0 heterocycles. The molecule has 3 aromatic rings. The van der Waals surface area contributed by atoms with Crippen molar-refractivity contribution in [3.05, 3.63) is 59.7 Å². The maximum absolute atomic E-state index is 13.0. The lowest BCUT2D eigenvalue weighted by atomic mass is 9.92. The van der Waals surface area contributed by atoms with E-state index in [1.54, 1.807) is 0 Å². The summed E-state index contributed by atoms with van der Waals surface area (Å²) in [6.07, 6.45) is -3.74. The molecule has 0 aliphatic heterocycles. The van der Waals surface area contributed by atoms with Crippen LogP contribution in [0.15, 0.2) is 54.1 Å². The molecule has 0 radical (unpaired) electrons. The van der Waals surface area contributed by atoms with Crippen LogP contribution in [0.25, 0.3) is 21.9 Å². The third-order valence-electron chi connectivity index (χ3n) is 5.63. The molecule has 0 bridgehead atoms. The second-order valence-electron chi connectivity index (χ2n) is 7.92. The van der Waals surface area contributed by atoms with E-state index in [1.165, 1.54) is 42.5 Å². The Bertz CT molecular complexity index is 1340. The maximum Gasteiger partial charge on any atom is 0.338 e. The Labute approximate surface area is 191 Å². The van der Waals surface area contributed by atoms with Crippen LogP contribution in [0.2, 0.25) is 0 Å². The fourth-order valence-electron chi connectivity index (χ4n) is 3.84. The number of hydrogen-bond donors (Lipinski definition) is 7. The van der Waals surface area contributed by atoms with Crippen molar-refractivity contribution in [3.63, 3.8) is 0 Å². The fourth-order valence-corrected chi connectivity index (χ4v) is 3.84. The largest absolute Gasteiger partial charge is 0.504 e. The number of carboxylic acid groups (broad SMARTS) is 1. The molecule has 4 rings (SSSR count). The molecule has 34 heavy (non-hydrogen) atoms. The number of benzene rings is 3. The van der Waals surface area contributed by atoms with Gasteiger partial charge in [0.05, 0.1) is 5.56 Å². The zero-order chi connectivity index (χ0) is 24.7. The van der Waals surface area contributed by atoms with Crippen molar-refractivity contribution < 1.29 is 50.1 Å². The summed E-state index contributed by atoms with van der Waals surface area (Å²) in [7, 11) is 0. The molecule has 3 atom stereocenters. The van der Waals surface area contributed by atoms with Crippen molar-refractivity contribution in [2.75, 3.05) is 0 Å². The SMILES string of the molecule is O=C(O)C1=CC(O)C(O)C(OC(=O)c2cc(-c3ccc(O)c(O)c3)c3cc(O)c(O)cc3c2)C1. The number of carboxylic acids is 1. The Balaban J connectivity index is 1.77. The molecule has 0 saturated carbocycles. The number of phenols is 4. The normalized spacial score (nSPS) is 20.1. The summed E-state index contributed by atoms with van der Waals surface area (Å²) in [6, 6.07) is 9.18. The van der Waals surface area contributed by atoms with Gasteiger partial charge in [0.2, 0.25) is 0 Å². The van der Waals surface area contributed by atoms with Crippen LogP contribution in [-0.2, 0) is 9.53 Å². The number of aliphatic hydroxyl groups excluding tert-OH is 2. The zero-order valence-corrected chi connectivity index (χ0v) is 17.4. The molecular weight excluding hydrogens is 448 g/mol. The fraction of sp³-hybridized carbons (Fsp3) is 0.167. The predicted octanol–water partition coefficient (Wildman–Crippen LogP) is 1.99. The zero-order valence-electron chi connectivity index (χ0n) is 17.4. The number of carbonyl (C=O) groups excluding carboxylic acids is 1. The molecule has 0 aromatic heterocycles. The van der Waals surface area contributed by atoms with Gasteiger partial charge in [-0.2, -0.15) is 0 Å². The number of hydrogen-bond acceptors (Lipinski definition) is 9. The molecule has 176 valence electrons. The van der Waals surface area contributed by atoms with E-state index < -0.39 is 47.5 Å². The molecule has 7 N–H and O–H groups in total. The molecular formula is C24H20O10. The van der Waals surface area contributed by atoms with Crippen molar-refractivity contribution in [1.82, 2.24) is 0 Å². The quantitative estimate of drug-likeness (QED) is 0.221. The molecule has 0 amide bonds. The first-order chi connectivity index (χ1) is 16.0. The van der Waals surface area contributed by atoms with Gasteiger partial charge >= 0.3 is 11.9 Å². The van der Waals surface area contributed by atoms with E-state index in [-0.39, 0.29) is 23.3 Å². The molecule has 10 heteroatoms. The highest BCUT2D eigenvalue weighted by molar-refractivity contribution is 6.04. The maximum atomic E-state index is 13.0. The molecule has 0 spiro atoms. The van der Waals surface area contributed by atoms with Crippen LogP contribution >= 0.6 is 0 Å². The number of aliphatic carboxylic acids is 1. The van der Waals surface area contributed by atoms with Crippen LogP contribution in [0.1, 0.15) is 16.8 Å². The smallest absolute Gasteiger partial charge is 0.338 e. The lowest BCUT2D eigenvalue weighted by Crippen LogP contribution is -2.43. The van der Waals surface area contributed by atoms with Gasteiger partial charge in [-0.3, -0.25) is 0 Å². The van der Waals surface area contributed by atoms with E-state index >= 15 is 0 Å². The minimum atomic E-state index is -1.54. The van der Waals surface area contributed by atoms with Crippen LogP contribution < -0.4 is 0 Å². The number of phenolic OH excluding ortho intramolecular Hbond substituents is 4. The highest BCUT2D eigenvalue weighted by Gasteiger charge is 2.36. The van der Waals surface area contributed by atoms with Crippen molar-refractivity contribution in [1.29, 1.82) is 0 Å². The minimum absolute atomic E-state index is 0.0479. The predicted molar refractivity (Wildman–Crippen MR) is 118 cm³/mol. The summed E-state index contributed by atoms with van der Waals surface area (Å²) < 4.78 is 5.32. The number of aromatic hydroxyl groups is 4. The van der Waals surface area contributed by atoms with Crippen molar-refractivity contribution in [2.45, 2.75) is 24.7 Å². The van der Waals surface area contributed by atoms with E-state index in [0.717, 1.165) is 6.08 Å². The Morgan fingerprint density at radius 2 is 1.53 bits per heavy atom. The highest BCUT2D eigenvalue weighted by Crippen LogP contribution is 2.39. The first-order valence-electron chi connectivity index (χ1n) is 10.1. The number of rotatable bonds is 4. The van der Waals surface area contributed by atoms with Gasteiger partial charge in [-0.1, -0.05) is 6.07 Å². The van der Waals surface area contributed by atoms with Crippen molar-refractivity contribution >= 4 is 22.7 Å². The van der Waals surface area contributed by atoms with Gasteiger partial charge in [0.15, 0.2) is 23.0 Å². The first-order valence-corrected chi connectivity index (χ1v) is 10.1. The Morgan fingerprint density at radius 1 is 0.853 bits per heavy atom. The van der Waals surface area contributed by atoms with Crippen LogP contribution in [-0.4, -0.2) is 66.0 Å². The number of fused-ring (bicyclic) bond motifs is 1. The monoisotopic (exact) mass is 468 g/mol. The highest BCUT2D eigenvalue weighted by atomic mass is 16.6. The third kappa shape index (κ3) is 4.19. The molecule has 10 nitrogen and oxygen atoms in total. The number of esters is 1. The van der Waals surface area contributed by atoms with E-state index in [2.05, 4.69) is 0 Å². The van der Waals surface area contributed by atoms with Gasteiger partial charge in [0, 0.05) is 12.0 Å². The van der Waals surface area contributed by atoms with Gasteiger partial charge in [-0.15, -0.1) is 0 Å². The second kappa shape index (κ2) is 8.58. The summed E-state index contributed by atoms with van der Waals surface area (Å²) in [6.45, 7) is 0. The number of aliphatic hydroxyl groups is 2. The van der Waals surface area contributed by atoms with Gasteiger partial charge in [0.25, 0.3) is 0 Å².